The van der Waals surface area contributed by atoms with Crippen molar-refractivity contribution in [3.63, 3.8) is 0 Å². The number of aromatic amines is 1. The standard InChI is InChI=1S/C26H28N4O4S2/c31-16(29-8-2-1-3-9-29)6-10-30-24(32)19-14-11-15(20(19)25(30)33)21-18(14)17(13-5-4-7-27-12-13)22-23(35-21)28-26(34)36-22/h4-5,7,12,14-15,17-21H,1-3,6,8-11H2,(H,28,34). The highest BCUT2D eigenvalue weighted by Crippen LogP contribution is 2.68. The summed E-state index contributed by atoms with van der Waals surface area (Å²) in [6.07, 6.45) is 7.90. The average molecular weight is 525 g/mol. The molecule has 188 valence electrons. The van der Waals surface area contributed by atoms with E-state index in [1.807, 2.05) is 17.2 Å². The van der Waals surface area contributed by atoms with E-state index in [9.17, 15) is 19.2 Å². The minimum Gasteiger partial charge on any atom is -0.343 e. The Hall–Kier alpha value is -2.46. The zero-order valence-electron chi connectivity index (χ0n) is 19.8. The van der Waals surface area contributed by atoms with E-state index in [0.717, 1.165) is 54.2 Å². The zero-order valence-corrected chi connectivity index (χ0v) is 21.4. The largest absolute Gasteiger partial charge is 0.343 e. The summed E-state index contributed by atoms with van der Waals surface area (Å²) in [6.45, 7) is 1.74. The maximum atomic E-state index is 13.7. The number of thiazole rings is 1. The van der Waals surface area contributed by atoms with Gasteiger partial charge in [0.05, 0.1) is 16.9 Å². The highest BCUT2D eigenvalue weighted by Gasteiger charge is 2.69. The van der Waals surface area contributed by atoms with Gasteiger partial charge in [-0.15, -0.1) is 11.8 Å². The fourth-order valence-corrected chi connectivity index (χ4v) is 10.6. The molecule has 0 aromatic carbocycles. The van der Waals surface area contributed by atoms with Crippen LogP contribution in [0.1, 0.15) is 48.5 Å². The molecule has 2 aromatic rings. The van der Waals surface area contributed by atoms with E-state index in [4.69, 9.17) is 0 Å². The summed E-state index contributed by atoms with van der Waals surface area (Å²) in [5.74, 6) is -0.389. The number of nitrogens with one attached hydrogen (secondary N) is 1. The van der Waals surface area contributed by atoms with E-state index in [0.29, 0.717) is 0 Å². The summed E-state index contributed by atoms with van der Waals surface area (Å²) < 4.78 is 0. The maximum Gasteiger partial charge on any atom is 0.305 e. The Balaban J connectivity index is 1.17. The monoisotopic (exact) mass is 524 g/mol. The number of hydrogen-bond donors (Lipinski definition) is 1. The quantitative estimate of drug-likeness (QED) is 0.617. The first-order valence-electron chi connectivity index (χ1n) is 13.0. The lowest BCUT2D eigenvalue weighted by molar-refractivity contribution is -0.141. The topological polar surface area (TPSA) is 103 Å². The van der Waals surface area contributed by atoms with Gasteiger partial charge in [0.25, 0.3) is 0 Å². The number of carbonyl (C=O) groups excluding carboxylic acids is 3. The summed E-state index contributed by atoms with van der Waals surface area (Å²) in [5, 5.41) is 1.08. The van der Waals surface area contributed by atoms with Crippen LogP contribution in [-0.4, -0.2) is 62.4 Å². The normalized spacial score (nSPS) is 34.6. The summed E-state index contributed by atoms with van der Waals surface area (Å²) in [4.78, 5) is 63.8. The van der Waals surface area contributed by atoms with Crippen molar-refractivity contribution in [3.8, 4) is 0 Å². The number of imide groups is 1. The lowest BCUT2D eigenvalue weighted by Gasteiger charge is -2.42. The number of aromatic nitrogens is 2. The van der Waals surface area contributed by atoms with Crippen molar-refractivity contribution in [2.75, 3.05) is 19.6 Å². The number of rotatable bonds is 4. The fourth-order valence-electron chi connectivity index (χ4n) is 7.74. The van der Waals surface area contributed by atoms with Crippen LogP contribution in [0, 0.1) is 29.6 Å². The molecule has 1 N–H and O–H groups in total. The molecular weight excluding hydrogens is 496 g/mol. The first-order chi connectivity index (χ1) is 17.5. The number of carbonyl (C=O) groups is 3. The van der Waals surface area contributed by atoms with Gasteiger partial charge in [0.1, 0.15) is 0 Å². The van der Waals surface area contributed by atoms with Crippen LogP contribution in [0.15, 0.2) is 34.3 Å². The molecule has 0 radical (unpaired) electrons. The van der Waals surface area contributed by atoms with Crippen molar-refractivity contribution < 1.29 is 14.4 Å². The van der Waals surface area contributed by atoms with Gasteiger partial charge < -0.3 is 9.88 Å². The summed E-state index contributed by atoms with van der Waals surface area (Å²) in [6, 6.07) is 3.98. The van der Waals surface area contributed by atoms with E-state index in [1.54, 1.807) is 18.0 Å². The molecule has 2 saturated heterocycles. The first kappa shape index (κ1) is 22.7. The molecular formula is C26H28N4O4S2. The Bertz CT molecular complexity index is 1290. The molecule has 2 bridgehead atoms. The molecule has 8 nitrogen and oxygen atoms in total. The number of likely N-dealkylation sites (tertiary alicyclic amines) is 2. The molecule has 2 saturated carbocycles. The van der Waals surface area contributed by atoms with E-state index >= 15 is 0 Å². The molecule has 7 atom stereocenters. The van der Waals surface area contributed by atoms with Gasteiger partial charge in [-0.3, -0.25) is 29.1 Å². The Labute approximate surface area is 216 Å². The molecule has 36 heavy (non-hydrogen) atoms. The highest BCUT2D eigenvalue weighted by atomic mass is 32.2. The molecule has 2 aromatic heterocycles. The average Bonchev–Trinajstić information content (AvgIpc) is 3.63. The molecule has 3 aliphatic heterocycles. The Kier molecular flexibility index (Phi) is 5.39. The molecule has 7 unspecified atom stereocenters. The first-order valence-corrected chi connectivity index (χ1v) is 14.6. The minimum absolute atomic E-state index is 0.00233. The predicted octanol–water partition coefficient (Wildman–Crippen LogP) is 2.71. The van der Waals surface area contributed by atoms with Gasteiger partial charge in [-0.2, -0.15) is 0 Å². The van der Waals surface area contributed by atoms with Crippen molar-refractivity contribution in [3.05, 3.63) is 44.6 Å². The zero-order chi connectivity index (χ0) is 24.6. The van der Waals surface area contributed by atoms with Crippen LogP contribution < -0.4 is 4.87 Å². The molecule has 7 rings (SSSR count). The summed E-state index contributed by atoms with van der Waals surface area (Å²) in [5.41, 5.74) is 1.06. The van der Waals surface area contributed by atoms with Gasteiger partial charge in [0, 0.05) is 54.5 Å². The van der Waals surface area contributed by atoms with E-state index < -0.39 is 0 Å². The van der Waals surface area contributed by atoms with Gasteiger partial charge in [-0.25, -0.2) is 0 Å². The Morgan fingerprint density at radius 3 is 2.61 bits per heavy atom. The lowest BCUT2D eigenvalue weighted by atomic mass is 9.68. The van der Waals surface area contributed by atoms with E-state index in [2.05, 4.69) is 16.0 Å². The third-order valence-electron chi connectivity index (χ3n) is 9.12. The summed E-state index contributed by atoms with van der Waals surface area (Å²) >= 11 is 2.95. The van der Waals surface area contributed by atoms with Gasteiger partial charge in [-0.05, 0) is 55.1 Å². The van der Waals surface area contributed by atoms with E-state index in [-0.39, 0.29) is 76.3 Å². The van der Waals surface area contributed by atoms with Crippen LogP contribution in [-0.2, 0) is 14.4 Å². The van der Waals surface area contributed by atoms with Crippen LogP contribution in [0.5, 0.6) is 0 Å². The fraction of sp³-hybridized carbons (Fsp3) is 0.577. The molecule has 0 spiro atoms. The maximum absolute atomic E-state index is 13.7. The number of H-pyrrole nitrogens is 1. The molecule has 5 heterocycles. The van der Waals surface area contributed by atoms with Crippen molar-refractivity contribution in [1.29, 1.82) is 0 Å². The van der Waals surface area contributed by atoms with Crippen molar-refractivity contribution in [1.82, 2.24) is 19.8 Å². The van der Waals surface area contributed by atoms with Crippen LogP contribution >= 0.6 is 23.1 Å². The second-order valence-corrected chi connectivity index (χ2v) is 13.0. The van der Waals surface area contributed by atoms with Crippen LogP contribution in [0.25, 0.3) is 0 Å². The van der Waals surface area contributed by atoms with Crippen molar-refractivity contribution in [2.24, 2.45) is 29.6 Å². The van der Waals surface area contributed by atoms with Crippen molar-refractivity contribution >= 4 is 40.8 Å². The van der Waals surface area contributed by atoms with Gasteiger partial charge in [-0.1, -0.05) is 17.4 Å². The number of amides is 3. The number of hydrogen-bond acceptors (Lipinski definition) is 7. The van der Waals surface area contributed by atoms with Crippen molar-refractivity contribution in [2.45, 2.75) is 48.3 Å². The van der Waals surface area contributed by atoms with E-state index in [1.165, 1.54) is 16.2 Å². The third kappa shape index (κ3) is 3.29. The Morgan fingerprint density at radius 1 is 1.08 bits per heavy atom. The van der Waals surface area contributed by atoms with Crippen LogP contribution in [0.3, 0.4) is 0 Å². The number of nitrogens with zero attached hydrogens (tertiary/aromatic N) is 3. The molecule has 4 fully saturated rings. The molecule has 3 amide bonds. The molecule has 5 aliphatic rings. The van der Waals surface area contributed by atoms with Gasteiger partial charge in [0.15, 0.2) is 0 Å². The number of piperidine rings is 1. The van der Waals surface area contributed by atoms with Crippen LogP contribution in [0.2, 0.25) is 0 Å². The minimum atomic E-state index is -0.314. The number of pyridine rings is 1. The van der Waals surface area contributed by atoms with Gasteiger partial charge >= 0.3 is 4.87 Å². The smallest absolute Gasteiger partial charge is 0.305 e. The predicted molar refractivity (Wildman–Crippen MR) is 134 cm³/mol. The van der Waals surface area contributed by atoms with Crippen LogP contribution in [0.4, 0.5) is 0 Å². The SMILES string of the molecule is O=C(CCN1C(=O)C2C3CC(C2C1=O)C1C(c2cccnc2)c2sc(=O)[nH]c2SC31)N1CCCCC1. The second-order valence-electron chi connectivity index (χ2n) is 10.8. The third-order valence-corrected chi connectivity index (χ3v) is 11.7. The van der Waals surface area contributed by atoms with Gasteiger partial charge in [0.2, 0.25) is 17.7 Å². The summed E-state index contributed by atoms with van der Waals surface area (Å²) in [7, 11) is 0. The lowest BCUT2D eigenvalue weighted by Crippen LogP contribution is -2.42. The molecule has 10 heteroatoms. The Morgan fingerprint density at radius 2 is 1.86 bits per heavy atom. The number of fused-ring (bicyclic) bond motifs is 9. The highest BCUT2D eigenvalue weighted by molar-refractivity contribution is 8.00. The molecule has 2 aliphatic carbocycles. The second kappa shape index (κ2) is 8.55. The number of thioether (sulfide) groups is 1.